The van der Waals surface area contributed by atoms with Crippen LogP contribution in [0.25, 0.3) is 0 Å². The third-order valence-electron chi connectivity index (χ3n) is 7.70. The van der Waals surface area contributed by atoms with Crippen molar-refractivity contribution in [1.29, 1.82) is 0 Å². The highest BCUT2D eigenvalue weighted by Gasteiger charge is 2.28. The molecule has 0 bridgehead atoms. The summed E-state index contributed by atoms with van der Waals surface area (Å²) in [6.07, 6.45) is 29.7. The Kier molecular flexibility index (Phi) is 30.8. The number of unbranched alkanes of at least 4 members (excludes halogenated alkanes) is 16. The minimum Gasteiger partial charge on any atom is -0.480 e. The Morgan fingerprint density at radius 1 is 0.646 bits per heavy atom. The SMILES string of the molecule is CCCC/C=C/C/C=C/CCCCCCCC(=O)OC[C@@H](COP(=O)(O)OC[C@@H](N)C(=O)O)OC(=O)CCCCCCCCCCCC. The van der Waals surface area contributed by atoms with Crippen molar-refractivity contribution in [2.45, 2.75) is 167 Å². The van der Waals surface area contributed by atoms with Gasteiger partial charge in [0.2, 0.25) is 0 Å². The second kappa shape index (κ2) is 32.2. The molecule has 0 aromatic carbocycles. The Bertz CT molecular complexity index is 926. The van der Waals surface area contributed by atoms with Gasteiger partial charge in [-0.25, -0.2) is 4.57 Å². The molecule has 1 unspecified atom stereocenters. The van der Waals surface area contributed by atoms with Crippen LogP contribution < -0.4 is 5.73 Å². The van der Waals surface area contributed by atoms with Crippen molar-refractivity contribution in [2.24, 2.45) is 5.73 Å². The Balaban J connectivity index is 4.47. The van der Waals surface area contributed by atoms with E-state index in [0.717, 1.165) is 64.2 Å². The van der Waals surface area contributed by atoms with Crippen molar-refractivity contribution in [3.63, 3.8) is 0 Å². The third-order valence-corrected chi connectivity index (χ3v) is 8.65. The molecule has 0 saturated heterocycles. The number of carboxylic acid groups (broad SMARTS) is 1. The first kappa shape index (κ1) is 46.0. The lowest BCUT2D eigenvalue weighted by Crippen LogP contribution is -2.34. The van der Waals surface area contributed by atoms with Crippen molar-refractivity contribution in [1.82, 2.24) is 0 Å². The number of phosphoric acid groups is 1. The quantitative estimate of drug-likeness (QED) is 0.0253. The monoisotopic (exact) mass is 703 g/mol. The molecule has 0 aliphatic carbocycles. The number of carboxylic acids is 1. The van der Waals surface area contributed by atoms with Gasteiger partial charge in [-0.05, 0) is 38.5 Å². The van der Waals surface area contributed by atoms with Gasteiger partial charge in [0.1, 0.15) is 12.6 Å². The molecule has 0 aromatic heterocycles. The minimum absolute atomic E-state index is 0.160. The van der Waals surface area contributed by atoms with E-state index in [1.807, 2.05) is 0 Å². The summed E-state index contributed by atoms with van der Waals surface area (Å²) in [6.45, 7) is 2.70. The average molecular weight is 704 g/mol. The van der Waals surface area contributed by atoms with Gasteiger partial charge in [0.05, 0.1) is 13.2 Å². The molecule has 280 valence electrons. The summed E-state index contributed by atoms with van der Waals surface area (Å²) in [5.41, 5.74) is 5.30. The van der Waals surface area contributed by atoms with Gasteiger partial charge in [-0.2, -0.15) is 0 Å². The van der Waals surface area contributed by atoms with E-state index in [1.54, 1.807) is 0 Å². The molecule has 0 saturated carbocycles. The van der Waals surface area contributed by atoms with Crippen LogP contribution in [0.5, 0.6) is 0 Å². The first-order chi connectivity index (χ1) is 23.1. The Labute approximate surface area is 290 Å². The van der Waals surface area contributed by atoms with E-state index in [1.165, 1.54) is 51.4 Å². The molecular weight excluding hydrogens is 637 g/mol. The van der Waals surface area contributed by atoms with Crippen LogP contribution in [0.1, 0.15) is 155 Å². The van der Waals surface area contributed by atoms with Gasteiger partial charge in [0.15, 0.2) is 6.10 Å². The van der Waals surface area contributed by atoms with Crippen LogP contribution in [0.3, 0.4) is 0 Å². The second-order valence-corrected chi connectivity index (χ2v) is 13.8. The van der Waals surface area contributed by atoms with E-state index in [2.05, 4.69) is 42.7 Å². The fraction of sp³-hybridized carbons (Fsp3) is 0.806. The summed E-state index contributed by atoms with van der Waals surface area (Å²) in [7, 11) is -4.70. The molecule has 0 aromatic rings. The van der Waals surface area contributed by atoms with Gasteiger partial charge in [0, 0.05) is 12.8 Å². The lowest BCUT2D eigenvalue weighted by Gasteiger charge is -2.20. The van der Waals surface area contributed by atoms with Crippen molar-refractivity contribution in [2.75, 3.05) is 19.8 Å². The molecule has 0 rings (SSSR count). The molecule has 11 nitrogen and oxygen atoms in total. The highest BCUT2D eigenvalue weighted by atomic mass is 31.2. The molecule has 0 aliphatic heterocycles. The van der Waals surface area contributed by atoms with E-state index in [4.69, 9.17) is 24.8 Å². The normalized spacial score (nSPS) is 14.2. The molecule has 3 atom stereocenters. The molecular formula is C36H66NO10P. The van der Waals surface area contributed by atoms with Crippen LogP contribution in [0, 0.1) is 0 Å². The number of aliphatic carboxylic acids is 1. The molecule has 0 spiro atoms. The number of carbonyl (C=O) groups excluding carboxylic acids is 2. The summed E-state index contributed by atoms with van der Waals surface area (Å²) >= 11 is 0. The summed E-state index contributed by atoms with van der Waals surface area (Å²) in [4.78, 5) is 45.6. The maximum absolute atomic E-state index is 12.5. The van der Waals surface area contributed by atoms with Crippen molar-refractivity contribution in [3.8, 4) is 0 Å². The number of hydrogen-bond donors (Lipinski definition) is 3. The molecule has 0 fully saturated rings. The van der Waals surface area contributed by atoms with Gasteiger partial charge < -0.3 is 25.2 Å². The van der Waals surface area contributed by atoms with Gasteiger partial charge in [-0.1, -0.05) is 128 Å². The molecule has 0 heterocycles. The van der Waals surface area contributed by atoms with E-state index in [-0.39, 0.29) is 19.4 Å². The zero-order chi connectivity index (χ0) is 35.7. The van der Waals surface area contributed by atoms with Gasteiger partial charge in [-0.15, -0.1) is 0 Å². The van der Waals surface area contributed by atoms with Gasteiger partial charge >= 0.3 is 25.7 Å². The number of nitrogens with two attached hydrogens (primary N) is 1. The first-order valence-electron chi connectivity index (χ1n) is 18.4. The fourth-order valence-corrected chi connectivity index (χ4v) is 5.50. The molecule has 4 N–H and O–H groups in total. The number of ether oxygens (including phenoxy) is 2. The number of phosphoric ester groups is 1. The zero-order valence-corrected chi connectivity index (χ0v) is 30.7. The van der Waals surface area contributed by atoms with E-state index < -0.39 is 51.1 Å². The Hall–Kier alpha value is -2.04. The Morgan fingerprint density at radius 2 is 1.12 bits per heavy atom. The van der Waals surface area contributed by atoms with E-state index in [0.29, 0.717) is 12.8 Å². The van der Waals surface area contributed by atoms with Crippen molar-refractivity contribution >= 4 is 25.7 Å². The predicted molar refractivity (Wildman–Crippen MR) is 189 cm³/mol. The summed E-state index contributed by atoms with van der Waals surface area (Å²) < 4.78 is 32.5. The van der Waals surface area contributed by atoms with E-state index >= 15 is 0 Å². The fourth-order valence-electron chi connectivity index (χ4n) is 4.73. The maximum atomic E-state index is 12.5. The third kappa shape index (κ3) is 31.2. The first-order valence-corrected chi connectivity index (χ1v) is 19.9. The standard InChI is InChI=1S/C36H66NO10P/c1-3-5-7-9-11-13-15-16-17-18-20-21-23-25-27-34(38)44-29-32(30-45-48(42,43)46-31-33(37)36(40)41)47-35(39)28-26-24-22-19-14-12-10-8-6-4-2/h9,11,15-16,32-33H,3-8,10,12-14,17-31,37H2,1-2H3,(H,40,41)(H,42,43)/b11-9+,16-15+/t32-,33+/m0/s1. The molecule has 48 heavy (non-hydrogen) atoms. The van der Waals surface area contributed by atoms with Crippen LogP contribution in [0.4, 0.5) is 0 Å². The number of carbonyl (C=O) groups is 3. The summed E-state index contributed by atoms with van der Waals surface area (Å²) in [6, 6.07) is -1.52. The highest BCUT2D eigenvalue weighted by molar-refractivity contribution is 7.47. The zero-order valence-electron chi connectivity index (χ0n) is 29.8. The van der Waals surface area contributed by atoms with E-state index in [9.17, 15) is 23.8 Å². The number of esters is 2. The molecule has 0 radical (unpaired) electrons. The predicted octanol–water partition coefficient (Wildman–Crippen LogP) is 8.72. The van der Waals surface area contributed by atoms with Crippen molar-refractivity contribution in [3.05, 3.63) is 24.3 Å². The minimum atomic E-state index is -4.70. The lowest BCUT2D eigenvalue weighted by atomic mass is 10.1. The van der Waals surface area contributed by atoms with Crippen LogP contribution in [0.15, 0.2) is 24.3 Å². The van der Waals surface area contributed by atoms with Gasteiger partial charge in [0.25, 0.3) is 0 Å². The summed E-state index contributed by atoms with van der Waals surface area (Å²) in [5, 5.41) is 8.84. The number of allylic oxidation sites excluding steroid dienone is 4. The van der Waals surface area contributed by atoms with Crippen LogP contribution in [0.2, 0.25) is 0 Å². The smallest absolute Gasteiger partial charge is 0.472 e. The van der Waals surface area contributed by atoms with Gasteiger partial charge in [-0.3, -0.25) is 23.4 Å². The second-order valence-electron chi connectivity index (χ2n) is 12.4. The molecule has 0 amide bonds. The molecule has 12 heteroatoms. The van der Waals surface area contributed by atoms with Crippen LogP contribution in [-0.4, -0.2) is 59.9 Å². The highest BCUT2D eigenvalue weighted by Crippen LogP contribution is 2.43. The van der Waals surface area contributed by atoms with Crippen LogP contribution >= 0.6 is 7.82 Å². The average Bonchev–Trinajstić information content (AvgIpc) is 3.05. The topological polar surface area (TPSA) is 172 Å². The molecule has 0 aliphatic rings. The van der Waals surface area contributed by atoms with Crippen molar-refractivity contribution < 1.29 is 47.5 Å². The lowest BCUT2D eigenvalue weighted by molar-refractivity contribution is -0.161. The Morgan fingerprint density at radius 3 is 1.69 bits per heavy atom. The summed E-state index contributed by atoms with van der Waals surface area (Å²) in [5.74, 6) is -2.40. The maximum Gasteiger partial charge on any atom is 0.472 e. The number of rotatable bonds is 34. The largest absolute Gasteiger partial charge is 0.480 e. The number of hydrogen-bond acceptors (Lipinski definition) is 9. The van der Waals surface area contributed by atoms with Crippen LogP contribution in [-0.2, 0) is 37.5 Å².